The highest BCUT2D eigenvalue weighted by molar-refractivity contribution is 5.90. The Hall–Kier alpha value is -3.77. The van der Waals surface area contributed by atoms with E-state index in [1.165, 1.54) is 29.1 Å². The Morgan fingerprint density at radius 2 is 2.06 bits per heavy atom. The van der Waals surface area contributed by atoms with Crippen LogP contribution in [0.2, 0.25) is 0 Å². The average molecular weight is 435 g/mol. The van der Waals surface area contributed by atoms with E-state index in [0.717, 1.165) is 22.0 Å². The zero-order valence-corrected chi connectivity index (χ0v) is 16.5. The molecule has 2 amide bonds. The maximum atomic E-state index is 14.9. The molecule has 1 fully saturated rings. The normalized spacial score (nSPS) is 18.9. The smallest absolute Gasteiger partial charge is 0.414 e. The predicted molar refractivity (Wildman–Crippen MR) is 104 cm³/mol. The van der Waals surface area contributed by atoms with Gasteiger partial charge in [-0.05, 0) is 0 Å². The maximum absolute atomic E-state index is 14.9. The first kappa shape index (κ1) is 20.5. The molecule has 31 heavy (non-hydrogen) atoms. The summed E-state index contributed by atoms with van der Waals surface area (Å²) < 4.78 is 41.2. The van der Waals surface area contributed by atoms with Crippen LogP contribution in [0.1, 0.15) is 0 Å². The summed E-state index contributed by atoms with van der Waals surface area (Å²) in [6.07, 6.45) is 2.67. The van der Waals surface area contributed by atoms with Crippen LogP contribution in [0.3, 0.4) is 0 Å². The number of cyclic esters (lactones) is 1. The van der Waals surface area contributed by atoms with Crippen molar-refractivity contribution < 1.29 is 27.8 Å². The van der Waals surface area contributed by atoms with Gasteiger partial charge in [0.25, 0.3) is 0 Å². The minimum Gasteiger partial charge on any atom is -0.453 e. The van der Waals surface area contributed by atoms with Gasteiger partial charge in [-0.15, -0.1) is 5.10 Å². The van der Waals surface area contributed by atoms with E-state index in [4.69, 9.17) is 4.74 Å². The van der Waals surface area contributed by atoms with Crippen LogP contribution in [0, 0.1) is 11.6 Å². The Kier molecular flexibility index (Phi) is 5.64. The number of aromatic nitrogens is 3. The molecule has 0 saturated carbocycles. The number of carbonyl (C=O) groups is 2. The van der Waals surface area contributed by atoms with Crippen molar-refractivity contribution >= 4 is 29.8 Å². The van der Waals surface area contributed by atoms with E-state index in [0.29, 0.717) is 0 Å². The number of hydrogen-bond acceptors (Lipinski definition) is 8. The molecule has 2 aromatic rings. The molecule has 2 aliphatic heterocycles. The first-order valence-electron chi connectivity index (χ1n) is 9.40. The van der Waals surface area contributed by atoms with Crippen molar-refractivity contribution in [2.24, 2.45) is 5.10 Å². The Balaban J connectivity index is 1.50. The standard InChI is InChI=1S/C18H19F2N7O4/c1-30-17(28)24-4-3-22-27(7-6-24)16-14(19)8-12(9-15(16)20)26-11-13(31-18(26)29)10-25-5-2-21-23-25/h2-3,5,8-9,13H,4,6-7,10-11H2,1H3/t13-/m0/s1. The molecule has 0 bridgehead atoms. The van der Waals surface area contributed by atoms with Crippen LogP contribution in [-0.4, -0.2) is 77.7 Å². The molecular formula is C18H19F2N7O4. The number of anilines is 2. The van der Waals surface area contributed by atoms with Crippen molar-refractivity contribution in [3.8, 4) is 0 Å². The SMILES string of the molecule is COC(=O)N1CC=NN(c2c(F)cc(N3C[C@H](Cn4ccnn4)OC3=O)cc2F)CC1. The number of amides is 2. The van der Waals surface area contributed by atoms with Crippen LogP contribution in [0.25, 0.3) is 0 Å². The van der Waals surface area contributed by atoms with Gasteiger partial charge >= 0.3 is 12.2 Å². The largest absolute Gasteiger partial charge is 0.453 e. The summed E-state index contributed by atoms with van der Waals surface area (Å²) in [7, 11) is 1.25. The van der Waals surface area contributed by atoms with Crippen LogP contribution in [0.4, 0.5) is 29.7 Å². The number of rotatable bonds is 4. The maximum Gasteiger partial charge on any atom is 0.414 e. The van der Waals surface area contributed by atoms with Crippen molar-refractivity contribution in [3.63, 3.8) is 0 Å². The lowest BCUT2D eigenvalue weighted by molar-refractivity contribution is 0.129. The summed E-state index contributed by atoms with van der Waals surface area (Å²) in [6.45, 7) is 0.745. The first-order chi connectivity index (χ1) is 15.0. The minimum atomic E-state index is -0.897. The molecule has 0 spiro atoms. The molecule has 11 nitrogen and oxygen atoms in total. The van der Waals surface area contributed by atoms with Gasteiger partial charge in [-0.25, -0.2) is 23.1 Å². The number of nitrogens with zero attached hydrogens (tertiary/aromatic N) is 7. The topological polar surface area (TPSA) is 105 Å². The number of benzene rings is 1. The first-order valence-corrected chi connectivity index (χ1v) is 9.40. The third kappa shape index (κ3) is 4.25. The summed E-state index contributed by atoms with van der Waals surface area (Å²) in [5.41, 5.74) is -0.349. The van der Waals surface area contributed by atoms with Gasteiger partial charge in [0.15, 0.2) is 11.6 Å². The Morgan fingerprint density at radius 3 is 2.74 bits per heavy atom. The minimum absolute atomic E-state index is 0.0276. The highest BCUT2D eigenvalue weighted by Crippen LogP contribution is 2.31. The van der Waals surface area contributed by atoms with Gasteiger partial charge in [-0.1, -0.05) is 5.21 Å². The summed E-state index contributed by atoms with van der Waals surface area (Å²) in [6, 6.07) is 2.10. The lowest BCUT2D eigenvalue weighted by Crippen LogP contribution is -2.36. The second-order valence-corrected chi connectivity index (χ2v) is 6.84. The zero-order valence-electron chi connectivity index (χ0n) is 16.5. The van der Waals surface area contributed by atoms with E-state index in [2.05, 4.69) is 20.2 Å². The van der Waals surface area contributed by atoms with Crippen LogP contribution in [-0.2, 0) is 16.0 Å². The third-order valence-corrected chi connectivity index (χ3v) is 4.85. The molecule has 164 valence electrons. The second-order valence-electron chi connectivity index (χ2n) is 6.84. The molecule has 1 saturated heterocycles. The fourth-order valence-corrected chi connectivity index (χ4v) is 3.38. The fourth-order valence-electron chi connectivity index (χ4n) is 3.38. The van der Waals surface area contributed by atoms with Gasteiger partial charge in [0.1, 0.15) is 11.8 Å². The molecule has 0 N–H and O–H groups in total. The molecule has 1 aromatic carbocycles. The van der Waals surface area contributed by atoms with Crippen LogP contribution < -0.4 is 9.91 Å². The molecule has 4 rings (SSSR count). The Labute approximate surface area is 175 Å². The second kappa shape index (κ2) is 8.53. The summed E-state index contributed by atoms with van der Waals surface area (Å²) in [4.78, 5) is 26.4. The van der Waals surface area contributed by atoms with Gasteiger partial charge in [0.2, 0.25) is 0 Å². The van der Waals surface area contributed by atoms with E-state index in [9.17, 15) is 18.4 Å². The van der Waals surface area contributed by atoms with Crippen molar-refractivity contribution in [1.29, 1.82) is 0 Å². The molecular weight excluding hydrogens is 416 g/mol. The Bertz CT molecular complexity index is 978. The number of hydrazone groups is 1. The quantitative estimate of drug-likeness (QED) is 0.716. The molecule has 2 aliphatic rings. The predicted octanol–water partition coefficient (Wildman–Crippen LogP) is 1.46. The molecule has 1 atom stereocenters. The number of methoxy groups -OCH3 is 1. The van der Waals surface area contributed by atoms with Crippen LogP contribution in [0.5, 0.6) is 0 Å². The van der Waals surface area contributed by atoms with Crippen LogP contribution >= 0.6 is 0 Å². The number of carbonyl (C=O) groups excluding carboxylic acids is 2. The number of hydrogen-bond donors (Lipinski definition) is 0. The van der Waals surface area contributed by atoms with Gasteiger partial charge in [0, 0.05) is 31.1 Å². The van der Waals surface area contributed by atoms with E-state index in [1.807, 2.05) is 0 Å². The summed E-state index contributed by atoms with van der Waals surface area (Å²) >= 11 is 0. The molecule has 0 aliphatic carbocycles. The van der Waals surface area contributed by atoms with E-state index in [-0.39, 0.29) is 44.1 Å². The average Bonchev–Trinajstić information content (AvgIpc) is 3.31. The van der Waals surface area contributed by atoms with E-state index >= 15 is 0 Å². The van der Waals surface area contributed by atoms with Crippen molar-refractivity contribution in [1.82, 2.24) is 19.9 Å². The van der Waals surface area contributed by atoms with E-state index < -0.39 is 29.9 Å². The molecule has 0 radical (unpaired) electrons. The lowest BCUT2D eigenvalue weighted by atomic mass is 10.2. The van der Waals surface area contributed by atoms with Crippen molar-refractivity contribution in [2.75, 3.05) is 43.2 Å². The molecule has 3 heterocycles. The highest BCUT2D eigenvalue weighted by Gasteiger charge is 2.34. The summed E-state index contributed by atoms with van der Waals surface area (Å²) in [5.74, 6) is -1.79. The van der Waals surface area contributed by atoms with E-state index in [1.54, 1.807) is 6.20 Å². The fraction of sp³-hybridized carbons (Fsp3) is 0.389. The molecule has 13 heteroatoms. The highest BCUT2D eigenvalue weighted by atomic mass is 19.1. The van der Waals surface area contributed by atoms with Gasteiger partial charge in [-0.2, -0.15) is 5.10 Å². The molecule has 1 aromatic heterocycles. The number of ether oxygens (including phenoxy) is 2. The van der Waals surface area contributed by atoms with Crippen molar-refractivity contribution in [3.05, 3.63) is 36.2 Å². The third-order valence-electron chi connectivity index (χ3n) is 4.85. The Morgan fingerprint density at radius 1 is 1.29 bits per heavy atom. The molecule has 0 unspecified atom stereocenters. The summed E-state index contributed by atoms with van der Waals surface area (Å²) in [5, 5.41) is 12.7. The zero-order chi connectivity index (χ0) is 22.0. The lowest BCUT2D eigenvalue weighted by Gasteiger charge is -2.22. The van der Waals surface area contributed by atoms with Crippen molar-refractivity contribution in [2.45, 2.75) is 12.6 Å². The number of halogens is 2. The van der Waals surface area contributed by atoms with Gasteiger partial charge < -0.3 is 14.4 Å². The van der Waals surface area contributed by atoms with Gasteiger partial charge in [-0.3, -0.25) is 9.91 Å². The van der Waals surface area contributed by atoms with Gasteiger partial charge in [0.05, 0.1) is 45.2 Å². The van der Waals surface area contributed by atoms with Crippen LogP contribution in [0.15, 0.2) is 29.6 Å². The monoisotopic (exact) mass is 435 g/mol.